The van der Waals surface area contributed by atoms with Gasteiger partial charge in [0.15, 0.2) is 0 Å². The first-order valence-electron chi connectivity index (χ1n) is 6.12. The summed E-state index contributed by atoms with van der Waals surface area (Å²) in [6.45, 7) is 1.96. The molecule has 0 saturated heterocycles. The van der Waals surface area contributed by atoms with Crippen LogP contribution in [0.25, 0.3) is 11.1 Å². The van der Waals surface area contributed by atoms with Gasteiger partial charge in [-0.05, 0) is 12.5 Å². The lowest BCUT2D eigenvalue weighted by atomic mass is 10.0. The fourth-order valence-corrected chi connectivity index (χ4v) is 2.47. The second-order valence-corrected chi connectivity index (χ2v) is 5.10. The molecule has 0 radical (unpaired) electrons. The maximum Gasteiger partial charge on any atom is 0.203 e. The monoisotopic (exact) mass is 283 g/mol. The van der Waals surface area contributed by atoms with E-state index in [4.69, 9.17) is 0 Å². The Hall–Kier alpha value is -2.47. The van der Waals surface area contributed by atoms with E-state index in [1.165, 1.54) is 11.3 Å². The van der Waals surface area contributed by atoms with Crippen LogP contribution < -0.4 is 5.43 Å². The molecule has 0 aliphatic rings. The Morgan fingerprint density at radius 2 is 2.25 bits per heavy atom. The minimum absolute atomic E-state index is 0.791. The molecule has 2 heterocycles. The van der Waals surface area contributed by atoms with E-state index < -0.39 is 0 Å². The molecule has 1 aromatic carbocycles. The van der Waals surface area contributed by atoms with Crippen molar-refractivity contribution in [2.24, 2.45) is 5.10 Å². The fraction of sp³-hybridized carbons (Fsp3) is 0.0714. The number of rotatable bonds is 4. The Morgan fingerprint density at radius 1 is 1.35 bits per heavy atom. The molecule has 6 heteroatoms. The maximum absolute atomic E-state index is 4.29. The number of H-pyrrole nitrogens is 1. The molecule has 3 aromatic rings. The van der Waals surface area contributed by atoms with Crippen molar-refractivity contribution in [1.29, 1.82) is 0 Å². The first-order chi connectivity index (χ1) is 9.83. The highest BCUT2D eigenvalue weighted by Crippen LogP contribution is 2.21. The van der Waals surface area contributed by atoms with Crippen LogP contribution in [-0.4, -0.2) is 21.4 Å². The lowest BCUT2D eigenvalue weighted by molar-refractivity contribution is 1.09. The Labute approximate surface area is 120 Å². The molecule has 0 aliphatic heterocycles. The van der Waals surface area contributed by atoms with Gasteiger partial charge in [0.05, 0.1) is 18.1 Å². The Bertz CT molecular complexity index is 715. The summed E-state index contributed by atoms with van der Waals surface area (Å²) in [6.07, 6.45) is 5.45. The zero-order chi connectivity index (χ0) is 13.8. The van der Waals surface area contributed by atoms with Gasteiger partial charge in [-0.25, -0.2) is 4.98 Å². The van der Waals surface area contributed by atoms with Crippen molar-refractivity contribution in [3.05, 3.63) is 53.3 Å². The summed E-state index contributed by atoms with van der Waals surface area (Å²) in [5, 5.41) is 13.8. The van der Waals surface area contributed by atoms with Gasteiger partial charge < -0.3 is 0 Å². The van der Waals surface area contributed by atoms with Crippen LogP contribution in [-0.2, 0) is 0 Å². The number of hydrogen-bond acceptors (Lipinski definition) is 5. The van der Waals surface area contributed by atoms with Crippen LogP contribution in [0, 0.1) is 6.92 Å². The van der Waals surface area contributed by atoms with E-state index in [-0.39, 0.29) is 0 Å². The molecular weight excluding hydrogens is 270 g/mol. The zero-order valence-corrected chi connectivity index (χ0v) is 11.7. The number of hydrazone groups is 1. The van der Waals surface area contributed by atoms with Crippen molar-refractivity contribution in [2.75, 3.05) is 5.43 Å². The summed E-state index contributed by atoms with van der Waals surface area (Å²) in [7, 11) is 0. The van der Waals surface area contributed by atoms with E-state index in [1.54, 1.807) is 12.4 Å². The van der Waals surface area contributed by atoms with Crippen LogP contribution in [0.1, 0.15) is 11.3 Å². The Balaban J connectivity index is 1.80. The van der Waals surface area contributed by atoms with Crippen molar-refractivity contribution in [1.82, 2.24) is 15.2 Å². The average molecular weight is 283 g/mol. The molecular formula is C14H13N5S. The van der Waals surface area contributed by atoms with Crippen LogP contribution in [0.4, 0.5) is 5.13 Å². The molecule has 5 nitrogen and oxygen atoms in total. The summed E-state index contributed by atoms with van der Waals surface area (Å²) in [5.41, 5.74) is 7.08. The average Bonchev–Trinajstić information content (AvgIpc) is 3.11. The molecule has 0 aliphatic carbocycles. The van der Waals surface area contributed by atoms with Gasteiger partial charge in [0.2, 0.25) is 5.13 Å². The summed E-state index contributed by atoms with van der Waals surface area (Å²) < 4.78 is 0. The SMILES string of the molecule is Cc1csc(NN=Cc2ccccc2-c2cn[nH]c2)n1. The van der Waals surface area contributed by atoms with Gasteiger partial charge in [-0.1, -0.05) is 24.3 Å². The molecule has 2 N–H and O–H groups in total. The predicted octanol–water partition coefficient (Wildman–Crippen LogP) is 3.29. The van der Waals surface area contributed by atoms with Crippen molar-refractivity contribution < 1.29 is 0 Å². The van der Waals surface area contributed by atoms with Crippen molar-refractivity contribution in [2.45, 2.75) is 6.92 Å². The first-order valence-corrected chi connectivity index (χ1v) is 7.00. The zero-order valence-electron chi connectivity index (χ0n) is 10.9. The highest BCUT2D eigenvalue weighted by molar-refractivity contribution is 7.13. The number of aromatic amines is 1. The van der Waals surface area contributed by atoms with E-state index in [2.05, 4.69) is 25.7 Å². The molecule has 0 atom stereocenters. The number of aryl methyl sites for hydroxylation is 1. The summed E-state index contributed by atoms with van der Waals surface area (Å²) in [6, 6.07) is 8.04. The molecule has 0 saturated carbocycles. The number of thiazole rings is 1. The molecule has 100 valence electrons. The van der Waals surface area contributed by atoms with Gasteiger partial charge in [0, 0.05) is 22.7 Å². The summed E-state index contributed by atoms with van der Waals surface area (Å²) in [4.78, 5) is 4.29. The van der Waals surface area contributed by atoms with Crippen LogP contribution in [0.15, 0.2) is 47.1 Å². The minimum Gasteiger partial charge on any atom is -0.285 e. The number of benzene rings is 1. The van der Waals surface area contributed by atoms with E-state index >= 15 is 0 Å². The lowest BCUT2D eigenvalue weighted by Gasteiger charge is -2.02. The molecule has 3 rings (SSSR count). The molecule has 2 aromatic heterocycles. The van der Waals surface area contributed by atoms with Gasteiger partial charge in [0.1, 0.15) is 0 Å². The van der Waals surface area contributed by atoms with Crippen LogP contribution >= 0.6 is 11.3 Å². The number of aromatic nitrogens is 3. The topological polar surface area (TPSA) is 66.0 Å². The molecule has 0 unspecified atom stereocenters. The quantitative estimate of drug-likeness (QED) is 0.570. The third-order valence-corrected chi connectivity index (χ3v) is 3.62. The standard InChI is InChI=1S/C14H13N5S/c1-10-9-20-14(18-10)19-17-6-11-4-2-3-5-13(11)12-7-15-16-8-12/h2-9H,1H3,(H,15,16)(H,18,19). The summed E-state index contributed by atoms with van der Waals surface area (Å²) >= 11 is 1.54. The van der Waals surface area contributed by atoms with Crippen molar-refractivity contribution in [3.63, 3.8) is 0 Å². The van der Waals surface area contributed by atoms with Crippen LogP contribution in [0.2, 0.25) is 0 Å². The third kappa shape index (κ3) is 2.75. The van der Waals surface area contributed by atoms with Crippen LogP contribution in [0.5, 0.6) is 0 Å². The lowest BCUT2D eigenvalue weighted by Crippen LogP contribution is -1.92. The van der Waals surface area contributed by atoms with Gasteiger partial charge in [0.25, 0.3) is 0 Å². The summed E-state index contributed by atoms with van der Waals surface area (Å²) in [5.74, 6) is 0. The van der Waals surface area contributed by atoms with Gasteiger partial charge >= 0.3 is 0 Å². The van der Waals surface area contributed by atoms with Crippen molar-refractivity contribution >= 4 is 22.7 Å². The maximum atomic E-state index is 4.29. The van der Waals surface area contributed by atoms with Gasteiger partial charge in [-0.3, -0.25) is 10.5 Å². The number of hydrogen-bond donors (Lipinski definition) is 2. The third-order valence-electron chi connectivity index (χ3n) is 2.75. The van der Waals surface area contributed by atoms with E-state index in [9.17, 15) is 0 Å². The second kappa shape index (κ2) is 5.66. The first kappa shape index (κ1) is 12.6. The molecule has 0 fully saturated rings. The Kier molecular flexibility index (Phi) is 3.56. The number of anilines is 1. The molecule has 20 heavy (non-hydrogen) atoms. The highest BCUT2D eigenvalue weighted by Gasteiger charge is 2.03. The van der Waals surface area contributed by atoms with Crippen LogP contribution in [0.3, 0.4) is 0 Å². The molecule has 0 bridgehead atoms. The van der Waals surface area contributed by atoms with Gasteiger partial charge in [-0.15, -0.1) is 11.3 Å². The van der Waals surface area contributed by atoms with E-state index in [0.29, 0.717) is 0 Å². The molecule has 0 spiro atoms. The van der Waals surface area contributed by atoms with E-state index in [0.717, 1.165) is 27.5 Å². The van der Waals surface area contributed by atoms with E-state index in [1.807, 2.05) is 42.8 Å². The smallest absolute Gasteiger partial charge is 0.203 e. The predicted molar refractivity (Wildman–Crippen MR) is 82.1 cm³/mol. The largest absolute Gasteiger partial charge is 0.285 e. The number of nitrogens with one attached hydrogen (secondary N) is 2. The normalized spacial score (nSPS) is 11.1. The van der Waals surface area contributed by atoms with Crippen molar-refractivity contribution in [3.8, 4) is 11.1 Å². The number of nitrogens with zero attached hydrogens (tertiary/aromatic N) is 3. The molecule has 0 amide bonds. The Morgan fingerprint density at radius 3 is 3.00 bits per heavy atom. The minimum atomic E-state index is 0.791. The fourth-order valence-electron chi connectivity index (χ4n) is 1.83. The second-order valence-electron chi connectivity index (χ2n) is 4.24. The highest BCUT2D eigenvalue weighted by atomic mass is 32.1. The van der Waals surface area contributed by atoms with Gasteiger partial charge in [-0.2, -0.15) is 10.2 Å².